The average molecular weight is 336 g/mol. The van der Waals surface area contributed by atoms with Crippen LogP contribution in [0.1, 0.15) is 43.7 Å². The predicted octanol–water partition coefficient (Wildman–Crippen LogP) is 4.25. The molecule has 0 aliphatic carbocycles. The van der Waals surface area contributed by atoms with Gasteiger partial charge in [-0.05, 0) is 42.5 Å². The number of aryl methyl sites for hydroxylation is 1. The number of carbonyl (C=O) groups is 2. The van der Waals surface area contributed by atoms with Gasteiger partial charge in [-0.3, -0.25) is 14.5 Å². The second-order valence-electron chi connectivity index (χ2n) is 6.84. The molecule has 1 saturated heterocycles. The molecular weight excluding hydrogens is 312 g/mol. The van der Waals surface area contributed by atoms with Crippen molar-refractivity contribution in [2.75, 3.05) is 10.2 Å². The van der Waals surface area contributed by atoms with Crippen LogP contribution in [0.25, 0.3) is 0 Å². The Balaban J connectivity index is 1.88. The Hall–Kier alpha value is -2.62. The third kappa shape index (κ3) is 3.43. The molecule has 1 N–H and O–H groups in total. The van der Waals surface area contributed by atoms with E-state index in [2.05, 4.69) is 19.2 Å². The highest BCUT2D eigenvalue weighted by atomic mass is 16.2. The summed E-state index contributed by atoms with van der Waals surface area (Å²) in [5, 5.41) is 3.09. The van der Waals surface area contributed by atoms with Gasteiger partial charge in [0.05, 0.1) is 0 Å². The van der Waals surface area contributed by atoms with Crippen LogP contribution >= 0.6 is 0 Å². The number of carbonyl (C=O) groups excluding carboxylic acids is 2. The fraction of sp³-hybridized carbons (Fsp3) is 0.333. The molecule has 0 spiro atoms. The SMILES string of the molecule is Cc1cccc(C(C)C)c1NC(=O)C1CCC(=O)N1c1ccccc1. The fourth-order valence-corrected chi connectivity index (χ4v) is 3.39. The van der Waals surface area contributed by atoms with Crippen LogP contribution in [0.2, 0.25) is 0 Å². The summed E-state index contributed by atoms with van der Waals surface area (Å²) in [4.78, 5) is 26.9. The molecule has 2 aromatic carbocycles. The monoisotopic (exact) mass is 336 g/mol. The second-order valence-corrected chi connectivity index (χ2v) is 6.84. The highest BCUT2D eigenvalue weighted by Gasteiger charge is 2.37. The summed E-state index contributed by atoms with van der Waals surface area (Å²) in [6, 6.07) is 15.0. The quantitative estimate of drug-likeness (QED) is 0.907. The normalized spacial score (nSPS) is 17.2. The summed E-state index contributed by atoms with van der Waals surface area (Å²) in [6.07, 6.45) is 0.945. The Kier molecular flexibility index (Phi) is 4.88. The van der Waals surface area contributed by atoms with Gasteiger partial charge in [-0.1, -0.05) is 50.2 Å². The molecule has 3 rings (SSSR count). The van der Waals surface area contributed by atoms with Crippen molar-refractivity contribution >= 4 is 23.2 Å². The number of nitrogens with one attached hydrogen (secondary N) is 1. The molecule has 1 atom stereocenters. The van der Waals surface area contributed by atoms with Gasteiger partial charge in [0.1, 0.15) is 6.04 Å². The number of para-hydroxylation sites is 2. The van der Waals surface area contributed by atoms with E-state index in [1.807, 2.05) is 55.5 Å². The third-order valence-corrected chi connectivity index (χ3v) is 4.72. The van der Waals surface area contributed by atoms with Crippen LogP contribution in [0, 0.1) is 6.92 Å². The lowest BCUT2D eigenvalue weighted by Gasteiger charge is -2.25. The standard InChI is InChI=1S/C21H24N2O2/c1-14(2)17-11-7-8-15(3)20(17)22-21(25)18-12-13-19(24)23(18)16-9-5-4-6-10-16/h4-11,14,18H,12-13H2,1-3H3,(H,22,25). The number of rotatable bonds is 4. The maximum atomic E-state index is 13.0. The van der Waals surface area contributed by atoms with E-state index in [9.17, 15) is 9.59 Å². The summed E-state index contributed by atoms with van der Waals surface area (Å²) in [7, 11) is 0. The first-order valence-electron chi connectivity index (χ1n) is 8.76. The first-order chi connectivity index (χ1) is 12.0. The molecule has 2 amide bonds. The van der Waals surface area contributed by atoms with E-state index < -0.39 is 6.04 Å². The minimum Gasteiger partial charge on any atom is -0.324 e. The summed E-state index contributed by atoms with van der Waals surface area (Å²) >= 11 is 0. The van der Waals surface area contributed by atoms with Crippen molar-refractivity contribution in [3.63, 3.8) is 0 Å². The van der Waals surface area contributed by atoms with Gasteiger partial charge >= 0.3 is 0 Å². The van der Waals surface area contributed by atoms with Crippen molar-refractivity contribution in [1.29, 1.82) is 0 Å². The van der Waals surface area contributed by atoms with E-state index in [1.54, 1.807) is 4.90 Å². The largest absolute Gasteiger partial charge is 0.324 e. The lowest BCUT2D eigenvalue weighted by Crippen LogP contribution is -2.42. The van der Waals surface area contributed by atoms with Crippen molar-refractivity contribution in [3.8, 4) is 0 Å². The van der Waals surface area contributed by atoms with Crippen LogP contribution in [0.5, 0.6) is 0 Å². The Morgan fingerprint density at radius 2 is 1.84 bits per heavy atom. The summed E-state index contributed by atoms with van der Waals surface area (Å²) in [6.45, 7) is 6.22. The van der Waals surface area contributed by atoms with E-state index >= 15 is 0 Å². The van der Waals surface area contributed by atoms with Crippen LogP contribution in [-0.4, -0.2) is 17.9 Å². The molecule has 1 aliphatic rings. The van der Waals surface area contributed by atoms with Gasteiger partial charge in [-0.15, -0.1) is 0 Å². The summed E-state index contributed by atoms with van der Waals surface area (Å²) in [5.41, 5.74) is 3.80. The van der Waals surface area contributed by atoms with E-state index in [1.165, 1.54) is 0 Å². The lowest BCUT2D eigenvalue weighted by atomic mass is 9.98. The Morgan fingerprint density at radius 1 is 1.12 bits per heavy atom. The van der Waals surface area contributed by atoms with Crippen LogP contribution in [0.4, 0.5) is 11.4 Å². The van der Waals surface area contributed by atoms with Crippen molar-refractivity contribution < 1.29 is 9.59 Å². The van der Waals surface area contributed by atoms with Gasteiger partial charge in [0.15, 0.2) is 0 Å². The van der Waals surface area contributed by atoms with Crippen LogP contribution in [-0.2, 0) is 9.59 Å². The first kappa shape index (κ1) is 17.2. The first-order valence-corrected chi connectivity index (χ1v) is 8.76. The molecule has 4 heteroatoms. The van der Waals surface area contributed by atoms with Gasteiger partial charge in [-0.2, -0.15) is 0 Å². The molecule has 0 bridgehead atoms. The summed E-state index contributed by atoms with van der Waals surface area (Å²) in [5.74, 6) is 0.191. The molecule has 0 radical (unpaired) electrons. The number of amides is 2. The fourth-order valence-electron chi connectivity index (χ4n) is 3.39. The second kappa shape index (κ2) is 7.09. The van der Waals surface area contributed by atoms with Gasteiger partial charge in [0.2, 0.25) is 11.8 Å². The molecule has 2 aromatic rings. The highest BCUT2D eigenvalue weighted by molar-refractivity contribution is 6.08. The molecule has 1 aliphatic heterocycles. The Labute approximate surface area is 148 Å². The van der Waals surface area contributed by atoms with Crippen molar-refractivity contribution in [3.05, 3.63) is 59.7 Å². The van der Waals surface area contributed by atoms with E-state index in [4.69, 9.17) is 0 Å². The number of nitrogens with zero attached hydrogens (tertiary/aromatic N) is 1. The number of benzene rings is 2. The maximum absolute atomic E-state index is 13.0. The van der Waals surface area contributed by atoms with Gasteiger partial charge in [0, 0.05) is 17.8 Å². The van der Waals surface area contributed by atoms with E-state index in [0.717, 1.165) is 22.5 Å². The van der Waals surface area contributed by atoms with Crippen LogP contribution in [0.3, 0.4) is 0 Å². The van der Waals surface area contributed by atoms with Crippen LogP contribution < -0.4 is 10.2 Å². The van der Waals surface area contributed by atoms with Crippen molar-refractivity contribution in [2.24, 2.45) is 0 Å². The zero-order valence-electron chi connectivity index (χ0n) is 15.0. The van der Waals surface area contributed by atoms with Crippen LogP contribution in [0.15, 0.2) is 48.5 Å². The molecule has 1 unspecified atom stereocenters. The predicted molar refractivity (Wildman–Crippen MR) is 101 cm³/mol. The zero-order valence-corrected chi connectivity index (χ0v) is 15.0. The van der Waals surface area contributed by atoms with Crippen molar-refractivity contribution in [2.45, 2.75) is 45.6 Å². The Morgan fingerprint density at radius 3 is 2.52 bits per heavy atom. The summed E-state index contributed by atoms with van der Waals surface area (Å²) < 4.78 is 0. The Bertz CT molecular complexity index is 784. The number of hydrogen-bond acceptors (Lipinski definition) is 2. The van der Waals surface area contributed by atoms with E-state index in [0.29, 0.717) is 18.8 Å². The van der Waals surface area contributed by atoms with Gasteiger partial charge in [-0.25, -0.2) is 0 Å². The van der Waals surface area contributed by atoms with E-state index in [-0.39, 0.29) is 11.8 Å². The third-order valence-electron chi connectivity index (χ3n) is 4.72. The topological polar surface area (TPSA) is 49.4 Å². The maximum Gasteiger partial charge on any atom is 0.247 e. The smallest absolute Gasteiger partial charge is 0.247 e. The molecule has 0 aromatic heterocycles. The minimum absolute atomic E-state index is 0.000201. The number of hydrogen-bond donors (Lipinski definition) is 1. The molecule has 0 saturated carbocycles. The molecule has 1 fully saturated rings. The van der Waals surface area contributed by atoms with Gasteiger partial charge in [0.25, 0.3) is 0 Å². The zero-order chi connectivity index (χ0) is 18.0. The average Bonchev–Trinajstić information content (AvgIpc) is 2.99. The molecular formula is C21H24N2O2. The number of anilines is 2. The molecule has 1 heterocycles. The molecule has 130 valence electrons. The molecule has 25 heavy (non-hydrogen) atoms. The minimum atomic E-state index is -0.463. The van der Waals surface area contributed by atoms with Gasteiger partial charge < -0.3 is 5.32 Å². The lowest BCUT2D eigenvalue weighted by molar-refractivity contribution is -0.120. The highest BCUT2D eigenvalue weighted by Crippen LogP contribution is 2.30. The molecule has 4 nitrogen and oxygen atoms in total. The van der Waals surface area contributed by atoms with Crippen molar-refractivity contribution in [1.82, 2.24) is 0 Å².